The van der Waals surface area contributed by atoms with E-state index < -0.39 is 10.9 Å². The van der Waals surface area contributed by atoms with E-state index in [-0.39, 0.29) is 10.2 Å². The summed E-state index contributed by atoms with van der Waals surface area (Å²) < 4.78 is 5.04. The van der Waals surface area contributed by atoms with Crippen LogP contribution in [-0.2, 0) is 4.74 Å². The van der Waals surface area contributed by atoms with Crippen LogP contribution in [0.2, 0.25) is 0 Å². The van der Waals surface area contributed by atoms with E-state index in [4.69, 9.17) is 17.0 Å². The van der Waals surface area contributed by atoms with Crippen molar-refractivity contribution < 1.29 is 9.53 Å². The van der Waals surface area contributed by atoms with Crippen LogP contribution in [0, 0.1) is 0 Å². The average Bonchev–Trinajstić information content (AvgIpc) is 3.12. The minimum absolute atomic E-state index is 0.0318. The van der Waals surface area contributed by atoms with Gasteiger partial charge in [0, 0.05) is 23.3 Å². The molecule has 20 heavy (non-hydrogen) atoms. The number of aromatic amines is 1. The van der Waals surface area contributed by atoms with Gasteiger partial charge in [-0.05, 0) is 23.7 Å². The van der Waals surface area contributed by atoms with E-state index in [1.807, 2.05) is 24.3 Å². The molecule has 3 rings (SSSR count). The van der Waals surface area contributed by atoms with E-state index in [9.17, 15) is 4.79 Å². The van der Waals surface area contributed by atoms with Crippen LogP contribution in [0.15, 0.2) is 47.1 Å². The molecule has 1 aromatic heterocycles. The predicted molar refractivity (Wildman–Crippen MR) is 87.8 cm³/mol. The fraction of sp³-hybridized carbons (Fsp3) is 0.0714. The topological polar surface area (TPSA) is 54.4 Å². The monoisotopic (exact) mass is 304 g/mol. The number of H-pyrrole nitrogens is 1. The summed E-state index contributed by atoms with van der Waals surface area (Å²) in [4.78, 5) is 20.0. The number of aromatic nitrogens is 1. The molecule has 6 heteroatoms. The van der Waals surface area contributed by atoms with Gasteiger partial charge in [-0.25, -0.2) is 4.99 Å². The third-order valence-electron chi connectivity index (χ3n) is 3.05. The molecule has 0 bridgehead atoms. The van der Waals surface area contributed by atoms with Gasteiger partial charge >= 0.3 is 0 Å². The Balaban J connectivity index is 1.99. The van der Waals surface area contributed by atoms with Gasteiger partial charge in [-0.15, -0.1) is 10.9 Å². The van der Waals surface area contributed by atoms with Gasteiger partial charge in [-0.1, -0.05) is 18.2 Å². The lowest BCUT2D eigenvalue weighted by atomic mass is 10.2. The second-order valence-electron chi connectivity index (χ2n) is 4.17. The smallest absolute Gasteiger partial charge is 0.215 e. The molecule has 0 spiro atoms. The lowest BCUT2D eigenvalue weighted by Crippen LogP contribution is -2.15. The van der Waals surface area contributed by atoms with Crippen molar-refractivity contribution in [2.24, 2.45) is 4.99 Å². The SMILES string of the molecule is COC(=S)C1=NC=C[SH]1C(=O)c1c[nH]c2ccccc12. The summed E-state index contributed by atoms with van der Waals surface area (Å²) in [7, 11) is 0.298. The molecule has 0 radical (unpaired) electrons. The van der Waals surface area contributed by atoms with E-state index in [1.165, 1.54) is 7.11 Å². The van der Waals surface area contributed by atoms with Crippen LogP contribution < -0.4 is 0 Å². The molecular formula is C14H12N2O2S2. The Bertz CT molecular complexity index is 761. The van der Waals surface area contributed by atoms with Crippen molar-refractivity contribution in [3.63, 3.8) is 0 Å². The van der Waals surface area contributed by atoms with Gasteiger partial charge in [0.1, 0.15) is 5.04 Å². The number of thiocarbonyl (C=S) groups is 1. The summed E-state index contributed by atoms with van der Waals surface area (Å²) in [5.41, 5.74) is 1.62. The van der Waals surface area contributed by atoms with E-state index >= 15 is 0 Å². The lowest BCUT2D eigenvalue weighted by molar-refractivity contribution is 0.109. The fourth-order valence-corrected chi connectivity index (χ4v) is 4.03. The second kappa shape index (κ2) is 5.22. The lowest BCUT2D eigenvalue weighted by Gasteiger charge is -2.14. The van der Waals surface area contributed by atoms with Crippen LogP contribution in [-0.4, -0.2) is 27.3 Å². The van der Waals surface area contributed by atoms with Crippen molar-refractivity contribution in [2.45, 2.75) is 0 Å². The zero-order valence-corrected chi connectivity index (χ0v) is 12.4. The number of thiol groups is 1. The first-order valence-corrected chi connectivity index (χ1v) is 7.76. The van der Waals surface area contributed by atoms with Gasteiger partial charge < -0.3 is 9.72 Å². The maximum atomic E-state index is 12.7. The van der Waals surface area contributed by atoms with Crippen molar-refractivity contribution >= 4 is 49.2 Å². The number of carbonyl (C=O) groups is 1. The number of rotatable bonds is 2. The van der Waals surface area contributed by atoms with Gasteiger partial charge in [0.15, 0.2) is 0 Å². The van der Waals surface area contributed by atoms with Gasteiger partial charge in [0.2, 0.25) is 10.2 Å². The molecule has 1 aliphatic rings. The number of hydrogen-bond donors (Lipinski definition) is 2. The highest BCUT2D eigenvalue weighted by molar-refractivity contribution is 8.45. The largest absolute Gasteiger partial charge is 0.485 e. The molecule has 0 aliphatic carbocycles. The summed E-state index contributed by atoms with van der Waals surface area (Å²) in [6, 6.07) is 7.72. The third kappa shape index (κ3) is 2.07. The Hall–Kier alpha value is -1.92. The maximum absolute atomic E-state index is 12.7. The van der Waals surface area contributed by atoms with Gasteiger partial charge in [0.25, 0.3) is 0 Å². The standard InChI is InChI=1S/C14H12N2O2S2/c1-18-14(19)12-15-6-7-20(12)13(17)10-8-16-11-5-3-2-4-9(10)11/h2-8,16,20H,1H3. The zero-order valence-electron chi connectivity index (χ0n) is 10.7. The van der Waals surface area contributed by atoms with Crippen molar-refractivity contribution in [3.8, 4) is 0 Å². The number of nitrogens with zero attached hydrogens (tertiary/aromatic N) is 1. The molecule has 0 saturated carbocycles. The number of benzene rings is 1. The van der Waals surface area contributed by atoms with Crippen LogP contribution in [0.4, 0.5) is 0 Å². The normalized spacial score (nSPS) is 19.1. The molecule has 0 fully saturated rings. The Morgan fingerprint density at radius 1 is 1.40 bits per heavy atom. The van der Waals surface area contributed by atoms with Gasteiger partial charge in [-0.2, -0.15) is 0 Å². The third-order valence-corrected chi connectivity index (χ3v) is 5.44. The molecule has 1 aliphatic heterocycles. The van der Waals surface area contributed by atoms with E-state index in [0.717, 1.165) is 10.9 Å². The maximum Gasteiger partial charge on any atom is 0.215 e. The number of fused-ring (bicyclic) bond motifs is 1. The summed E-state index contributed by atoms with van der Waals surface area (Å²) in [5, 5.41) is 3.61. The molecule has 1 N–H and O–H groups in total. The number of ether oxygens (including phenoxy) is 1. The highest BCUT2D eigenvalue weighted by atomic mass is 32.2. The molecule has 0 saturated heterocycles. The first-order chi connectivity index (χ1) is 9.72. The minimum Gasteiger partial charge on any atom is -0.485 e. The number of methoxy groups -OCH3 is 1. The van der Waals surface area contributed by atoms with Crippen molar-refractivity contribution in [1.82, 2.24) is 4.98 Å². The van der Waals surface area contributed by atoms with Crippen LogP contribution in [0.25, 0.3) is 10.9 Å². The molecule has 102 valence electrons. The highest BCUT2D eigenvalue weighted by Crippen LogP contribution is 2.39. The number of para-hydroxylation sites is 1. The molecule has 2 heterocycles. The van der Waals surface area contributed by atoms with Crippen LogP contribution in [0.5, 0.6) is 0 Å². The molecule has 1 unspecified atom stereocenters. The molecule has 0 amide bonds. The van der Waals surface area contributed by atoms with E-state index in [1.54, 1.807) is 17.8 Å². The summed E-state index contributed by atoms with van der Waals surface area (Å²) in [6.45, 7) is 0. The summed E-state index contributed by atoms with van der Waals surface area (Å²) >= 11 is 5.10. The Kier molecular flexibility index (Phi) is 3.42. The number of aliphatic imine (C=N–C) groups is 1. The van der Waals surface area contributed by atoms with Crippen molar-refractivity contribution in [3.05, 3.63) is 47.6 Å². The number of hydrogen-bond acceptors (Lipinski definition) is 4. The van der Waals surface area contributed by atoms with E-state index in [0.29, 0.717) is 10.6 Å². The molecule has 4 nitrogen and oxygen atoms in total. The van der Waals surface area contributed by atoms with Crippen LogP contribution in [0.1, 0.15) is 10.4 Å². The Labute approximate surface area is 123 Å². The Morgan fingerprint density at radius 3 is 3.00 bits per heavy atom. The minimum atomic E-state index is -1.19. The number of nitrogens with one attached hydrogen (secondary N) is 1. The fourth-order valence-electron chi connectivity index (χ4n) is 2.09. The molecule has 1 atom stereocenters. The first-order valence-electron chi connectivity index (χ1n) is 5.95. The molecular weight excluding hydrogens is 292 g/mol. The van der Waals surface area contributed by atoms with Gasteiger partial charge in [0.05, 0.1) is 12.7 Å². The zero-order chi connectivity index (χ0) is 14.1. The van der Waals surface area contributed by atoms with Crippen LogP contribution >= 0.6 is 23.1 Å². The summed E-state index contributed by atoms with van der Waals surface area (Å²) in [5.74, 6) is 0. The van der Waals surface area contributed by atoms with Crippen molar-refractivity contribution in [1.29, 1.82) is 0 Å². The van der Waals surface area contributed by atoms with Crippen LogP contribution in [0.3, 0.4) is 0 Å². The molecule has 1 aromatic carbocycles. The highest BCUT2D eigenvalue weighted by Gasteiger charge is 2.27. The predicted octanol–water partition coefficient (Wildman–Crippen LogP) is 3.17. The van der Waals surface area contributed by atoms with E-state index in [2.05, 4.69) is 9.98 Å². The van der Waals surface area contributed by atoms with Crippen molar-refractivity contribution in [2.75, 3.05) is 7.11 Å². The average molecular weight is 304 g/mol. The number of carbonyl (C=O) groups excluding carboxylic acids is 1. The first kappa shape index (κ1) is 13.1. The quantitative estimate of drug-likeness (QED) is 0.662. The second-order valence-corrected chi connectivity index (χ2v) is 6.40. The molecule has 2 aromatic rings. The summed E-state index contributed by atoms with van der Waals surface area (Å²) in [6.07, 6.45) is 3.37. The Morgan fingerprint density at radius 2 is 2.20 bits per heavy atom. The van der Waals surface area contributed by atoms with Gasteiger partial charge in [-0.3, -0.25) is 4.79 Å².